The minimum atomic E-state index is 0.350. The Morgan fingerprint density at radius 3 is 2.95 bits per heavy atom. The van der Waals surface area contributed by atoms with E-state index < -0.39 is 0 Å². The maximum Gasteiger partial charge on any atom is 0.133 e. The molecule has 1 heterocycles. The highest BCUT2D eigenvalue weighted by Crippen LogP contribution is 2.34. The average molecular weight is 268 g/mol. The number of carbonyl (C=O) groups is 1. The van der Waals surface area contributed by atoms with Crippen LogP contribution in [0.3, 0.4) is 0 Å². The summed E-state index contributed by atoms with van der Waals surface area (Å²) in [6, 6.07) is 12.4. The molecule has 0 radical (unpaired) electrons. The molecule has 0 saturated carbocycles. The minimum Gasteiger partial charge on any atom is -0.469 e. The van der Waals surface area contributed by atoms with Crippen molar-refractivity contribution < 1.29 is 9.21 Å². The van der Waals surface area contributed by atoms with Crippen LogP contribution in [0, 0.1) is 0 Å². The number of ketones is 1. The second-order valence-corrected chi connectivity index (χ2v) is 5.61. The topological polar surface area (TPSA) is 30.2 Å². The standard InChI is InChI=1S/C18H20O2/c19-16(10-11-17-8-4-12-20-17)13-15-7-3-6-14-5-1-2-9-18(14)15/h1-2,4-5,8-9,12,15H,3,6-7,10-11,13H2. The van der Waals surface area contributed by atoms with Gasteiger partial charge >= 0.3 is 0 Å². The molecule has 0 spiro atoms. The van der Waals surface area contributed by atoms with E-state index in [9.17, 15) is 4.79 Å². The summed E-state index contributed by atoms with van der Waals surface area (Å²) in [6.45, 7) is 0. The van der Waals surface area contributed by atoms with Crippen molar-refractivity contribution in [2.45, 2.75) is 44.4 Å². The van der Waals surface area contributed by atoms with Gasteiger partial charge in [0.2, 0.25) is 0 Å². The highest BCUT2D eigenvalue weighted by atomic mass is 16.3. The van der Waals surface area contributed by atoms with Crippen LogP contribution in [0.2, 0.25) is 0 Å². The Labute approximate surface area is 119 Å². The molecule has 1 aliphatic carbocycles. The summed E-state index contributed by atoms with van der Waals surface area (Å²) in [6.07, 6.45) is 7.16. The molecule has 20 heavy (non-hydrogen) atoms. The summed E-state index contributed by atoms with van der Waals surface area (Å²) in [7, 11) is 0. The van der Waals surface area contributed by atoms with Gasteiger partial charge in [0.25, 0.3) is 0 Å². The lowest BCUT2D eigenvalue weighted by Crippen LogP contribution is -2.14. The van der Waals surface area contributed by atoms with E-state index in [-0.39, 0.29) is 0 Å². The normalized spacial score (nSPS) is 17.7. The smallest absolute Gasteiger partial charge is 0.133 e. The highest BCUT2D eigenvalue weighted by Gasteiger charge is 2.22. The van der Waals surface area contributed by atoms with Crippen LogP contribution in [0.1, 0.15) is 48.5 Å². The number of fused-ring (bicyclic) bond motifs is 1. The van der Waals surface area contributed by atoms with E-state index in [2.05, 4.69) is 24.3 Å². The zero-order valence-electron chi connectivity index (χ0n) is 11.7. The molecule has 1 aromatic heterocycles. The van der Waals surface area contributed by atoms with Crippen molar-refractivity contribution in [2.24, 2.45) is 0 Å². The largest absolute Gasteiger partial charge is 0.469 e. The van der Waals surface area contributed by atoms with Gasteiger partial charge in [0.05, 0.1) is 6.26 Å². The number of benzene rings is 1. The van der Waals surface area contributed by atoms with Crippen LogP contribution in [0.25, 0.3) is 0 Å². The van der Waals surface area contributed by atoms with E-state index in [1.54, 1.807) is 6.26 Å². The monoisotopic (exact) mass is 268 g/mol. The number of aryl methyl sites for hydroxylation is 2. The minimum absolute atomic E-state index is 0.350. The van der Waals surface area contributed by atoms with Crippen LogP contribution < -0.4 is 0 Å². The Hall–Kier alpha value is -1.83. The molecule has 0 N–H and O–H groups in total. The quantitative estimate of drug-likeness (QED) is 0.809. The van der Waals surface area contributed by atoms with E-state index in [0.717, 1.165) is 25.0 Å². The van der Waals surface area contributed by atoms with Crippen molar-refractivity contribution in [1.82, 2.24) is 0 Å². The molecule has 0 aliphatic heterocycles. The van der Waals surface area contributed by atoms with E-state index in [1.165, 1.54) is 17.5 Å². The van der Waals surface area contributed by atoms with Gasteiger partial charge in [0.15, 0.2) is 0 Å². The molecular weight excluding hydrogens is 248 g/mol. The fourth-order valence-corrected chi connectivity index (χ4v) is 3.16. The Morgan fingerprint density at radius 1 is 1.20 bits per heavy atom. The Bertz CT molecular complexity index is 569. The fraction of sp³-hybridized carbons (Fsp3) is 0.389. The maximum atomic E-state index is 12.2. The van der Waals surface area contributed by atoms with Gasteiger partial charge in [-0.15, -0.1) is 0 Å². The molecule has 2 heteroatoms. The van der Waals surface area contributed by atoms with Gasteiger partial charge in [-0.2, -0.15) is 0 Å². The Kier molecular flexibility index (Phi) is 4.00. The molecule has 1 aliphatic rings. The second-order valence-electron chi connectivity index (χ2n) is 5.61. The summed E-state index contributed by atoms with van der Waals surface area (Å²) < 4.78 is 5.28. The molecule has 0 fully saturated rings. The summed E-state index contributed by atoms with van der Waals surface area (Å²) in [4.78, 5) is 12.2. The van der Waals surface area contributed by atoms with Crippen LogP contribution in [0.5, 0.6) is 0 Å². The van der Waals surface area contributed by atoms with E-state index in [4.69, 9.17) is 4.42 Å². The van der Waals surface area contributed by atoms with Crippen LogP contribution in [-0.4, -0.2) is 5.78 Å². The van der Waals surface area contributed by atoms with E-state index in [0.29, 0.717) is 24.5 Å². The number of hydrogen-bond acceptors (Lipinski definition) is 2. The number of carbonyl (C=O) groups excluding carboxylic acids is 1. The zero-order valence-corrected chi connectivity index (χ0v) is 11.7. The first-order valence-electron chi connectivity index (χ1n) is 7.45. The molecule has 2 aromatic rings. The molecule has 2 nitrogen and oxygen atoms in total. The summed E-state index contributed by atoms with van der Waals surface area (Å²) >= 11 is 0. The molecule has 104 valence electrons. The lowest BCUT2D eigenvalue weighted by molar-refractivity contribution is -0.119. The zero-order chi connectivity index (χ0) is 13.8. The van der Waals surface area contributed by atoms with Crippen LogP contribution in [-0.2, 0) is 17.6 Å². The molecule has 1 atom stereocenters. The predicted octanol–water partition coefficient (Wildman–Crippen LogP) is 4.29. The SMILES string of the molecule is O=C(CCc1ccco1)CC1CCCc2ccccc21. The predicted molar refractivity (Wildman–Crippen MR) is 78.8 cm³/mol. The van der Waals surface area contributed by atoms with Gasteiger partial charge in [-0.25, -0.2) is 0 Å². The third-order valence-electron chi connectivity index (χ3n) is 4.20. The van der Waals surface area contributed by atoms with Crippen molar-refractivity contribution in [3.05, 3.63) is 59.5 Å². The number of hydrogen-bond donors (Lipinski definition) is 0. The van der Waals surface area contributed by atoms with Crippen LogP contribution in [0.15, 0.2) is 47.1 Å². The van der Waals surface area contributed by atoms with Gasteiger partial charge in [0, 0.05) is 19.3 Å². The number of furan rings is 1. The third-order valence-corrected chi connectivity index (χ3v) is 4.20. The summed E-state index contributed by atoms with van der Waals surface area (Å²) in [5.74, 6) is 1.68. The van der Waals surface area contributed by atoms with Crippen LogP contribution in [0.4, 0.5) is 0 Å². The van der Waals surface area contributed by atoms with Crippen molar-refractivity contribution >= 4 is 5.78 Å². The van der Waals surface area contributed by atoms with Crippen molar-refractivity contribution in [3.8, 4) is 0 Å². The molecule has 1 aromatic carbocycles. The van der Waals surface area contributed by atoms with E-state index >= 15 is 0 Å². The first kappa shape index (κ1) is 13.2. The second kappa shape index (κ2) is 6.08. The van der Waals surface area contributed by atoms with Gasteiger partial charge in [-0.05, 0) is 48.4 Å². The van der Waals surface area contributed by atoms with Gasteiger partial charge in [0.1, 0.15) is 11.5 Å². The Balaban J connectivity index is 1.59. The fourth-order valence-electron chi connectivity index (χ4n) is 3.16. The number of rotatable bonds is 5. The van der Waals surface area contributed by atoms with Crippen molar-refractivity contribution in [2.75, 3.05) is 0 Å². The van der Waals surface area contributed by atoms with E-state index in [1.807, 2.05) is 12.1 Å². The molecule has 0 saturated heterocycles. The summed E-state index contributed by atoms with van der Waals surface area (Å²) in [5.41, 5.74) is 2.83. The van der Waals surface area contributed by atoms with Crippen molar-refractivity contribution in [1.29, 1.82) is 0 Å². The summed E-state index contributed by atoms with van der Waals surface area (Å²) in [5, 5.41) is 0. The Morgan fingerprint density at radius 2 is 2.10 bits per heavy atom. The van der Waals surface area contributed by atoms with Gasteiger partial charge in [-0.1, -0.05) is 24.3 Å². The van der Waals surface area contributed by atoms with Gasteiger partial charge in [-0.3, -0.25) is 4.79 Å². The maximum absolute atomic E-state index is 12.2. The van der Waals surface area contributed by atoms with Gasteiger partial charge < -0.3 is 4.42 Å². The molecular formula is C18H20O2. The first-order chi connectivity index (χ1) is 9.83. The molecule has 3 rings (SSSR count). The molecule has 0 bridgehead atoms. The molecule has 0 amide bonds. The first-order valence-corrected chi connectivity index (χ1v) is 7.45. The third kappa shape index (κ3) is 3.01. The highest BCUT2D eigenvalue weighted by molar-refractivity contribution is 5.79. The lowest BCUT2D eigenvalue weighted by Gasteiger charge is -2.24. The number of Topliss-reactive ketones (excluding diaryl/α,β-unsaturated/α-hetero) is 1. The lowest BCUT2D eigenvalue weighted by atomic mass is 9.80. The van der Waals surface area contributed by atoms with Crippen LogP contribution >= 0.6 is 0 Å². The molecule has 1 unspecified atom stereocenters. The van der Waals surface area contributed by atoms with Crippen molar-refractivity contribution in [3.63, 3.8) is 0 Å². The average Bonchev–Trinajstić information content (AvgIpc) is 2.99.